The van der Waals surface area contributed by atoms with Crippen molar-refractivity contribution in [3.8, 4) is 0 Å². The molecule has 0 unspecified atom stereocenters. The molecule has 0 bridgehead atoms. The number of rotatable bonds is 4. The fraction of sp³-hybridized carbons (Fsp3) is 0.438. The van der Waals surface area contributed by atoms with Crippen LogP contribution in [0.25, 0.3) is 0 Å². The normalized spacial score (nSPS) is 14.1. The fourth-order valence-corrected chi connectivity index (χ4v) is 2.70. The van der Waals surface area contributed by atoms with Gasteiger partial charge in [-0.1, -0.05) is 19.4 Å². The van der Waals surface area contributed by atoms with Gasteiger partial charge < -0.3 is 5.32 Å². The van der Waals surface area contributed by atoms with Gasteiger partial charge in [0.15, 0.2) is 0 Å². The number of hydrogen-bond acceptors (Lipinski definition) is 4. The molecule has 0 amide bonds. The van der Waals surface area contributed by atoms with E-state index in [0.29, 0.717) is 0 Å². The molecule has 2 aromatic rings. The maximum Gasteiger partial charge on any atom is 0.133 e. The largest absolute Gasteiger partial charge is 0.311 e. The number of aryl methyl sites for hydroxylation is 1. The van der Waals surface area contributed by atoms with Crippen LogP contribution in [0.15, 0.2) is 24.5 Å². The minimum Gasteiger partial charge on any atom is -0.311 e. The first kappa shape index (κ1) is 13.2. The second-order valence-electron chi connectivity index (χ2n) is 5.23. The summed E-state index contributed by atoms with van der Waals surface area (Å²) in [7, 11) is 0. The Morgan fingerprint density at radius 2 is 2.25 bits per heavy atom. The number of nitrogens with zero attached hydrogens (tertiary/aromatic N) is 3. The average Bonchev–Trinajstić information content (AvgIpc) is 2.49. The molecule has 20 heavy (non-hydrogen) atoms. The van der Waals surface area contributed by atoms with E-state index in [9.17, 15) is 0 Å². The highest BCUT2D eigenvalue weighted by molar-refractivity contribution is 5.29. The first-order valence-electron chi connectivity index (χ1n) is 7.34. The summed E-state index contributed by atoms with van der Waals surface area (Å²) in [4.78, 5) is 13.7. The van der Waals surface area contributed by atoms with E-state index in [1.54, 1.807) is 6.20 Å². The summed E-state index contributed by atoms with van der Waals surface area (Å²) in [6.45, 7) is 4.11. The summed E-state index contributed by atoms with van der Waals surface area (Å²) < 4.78 is 0. The van der Waals surface area contributed by atoms with E-state index in [2.05, 4.69) is 23.3 Å². The molecule has 3 rings (SSSR count). The maximum absolute atomic E-state index is 4.80. The molecule has 3 heterocycles. The molecule has 0 aliphatic carbocycles. The molecule has 0 saturated heterocycles. The Hall–Kier alpha value is -1.81. The van der Waals surface area contributed by atoms with Crippen LogP contribution in [0.2, 0.25) is 0 Å². The number of fused-ring (bicyclic) bond motifs is 1. The van der Waals surface area contributed by atoms with Crippen LogP contribution in [-0.2, 0) is 25.8 Å². The molecule has 4 nitrogen and oxygen atoms in total. The maximum atomic E-state index is 4.80. The van der Waals surface area contributed by atoms with E-state index in [1.807, 2.05) is 12.3 Å². The van der Waals surface area contributed by atoms with Gasteiger partial charge in [0.2, 0.25) is 0 Å². The molecule has 0 spiro atoms. The zero-order valence-electron chi connectivity index (χ0n) is 11.9. The highest BCUT2D eigenvalue weighted by Crippen LogP contribution is 2.18. The van der Waals surface area contributed by atoms with E-state index in [-0.39, 0.29) is 0 Å². The summed E-state index contributed by atoms with van der Waals surface area (Å²) in [6.07, 6.45) is 7.67. The lowest BCUT2D eigenvalue weighted by Gasteiger charge is -2.20. The van der Waals surface area contributed by atoms with Crippen molar-refractivity contribution in [1.82, 2.24) is 20.3 Å². The minimum atomic E-state index is 0.762. The van der Waals surface area contributed by atoms with Crippen LogP contribution in [0.4, 0.5) is 0 Å². The van der Waals surface area contributed by atoms with Crippen molar-refractivity contribution in [2.45, 2.75) is 39.2 Å². The van der Waals surface area contributed by atoms with E-state index >= 15 is 0 Å². The zero-order valence-corrected chi connectivity index (χ0v) is 11.9. The Kier molecular flexibility index (Phi) is 4.02. The van der Waals surface area contributed by atoms with E-state index in [0.717, 1.165) is 44.6 Å². The zero-order chi connectivity index (χ0) is 13.8. The van der Waals surface area contributed by atoms with Gasteiger partial charge >= 0.3 is 0 Å². The first-order valence-corrected chi connectivity index (χ1v) is 7.34. The average molecular weight is 268 g/mol. The molecule has 0 radical (unpaired) electrons. The highest BCUT2D eigenvalue weighted by Gasteiger charge is 2.17. The van der Waals surface area contributed by atoms with Gasteiger partial charge in [0, 0.05) is 31.1 Å². The van der Waals surface area contributed by atoms with Gasteiger partial charge in [-0.25, -0.2) is 9.97 Å². The number of nitrogens with one attached hydrogen (secondary N) is 1. The van der Waals surface area contributed by atoms with E-state index in [4.69, 9.17) is 9.97 Å². The predicted octanol–water partition coefficient (Wildman–Crippen LogP) is 2.06. The van der Waals surface area contributed by atoms with Gasteiger partial charge in [0.1, 0.15) is 5.82 Å². The quantitative estimate of drug-likeness (QED) is 0.922. The number of pyridine rings is 1. The molecular formula is C16H20N4. The molecule has 1 N–H and O–H groups in total. The fourth-order valence-electron chi connectivity index (χ4n) is 2.70. The molecule has 1 aliphatic heterocycles. The molecule has 0 aromatic carbocycles. The second-order valence-corrected chi connectivity index (χ2v) is 5.23. The highest BCUT2D eigenvalue weighted by atomic mass is 15.0. The van der Waals surface area contributed by atoms with Crippen LogP contribution in [0.1, 0.15) is 41.7 Å². The smallest absolute Gasteiger partial charge is 0.133 e. The Morgan fingerprint density at radius 3 is 3.05 bits per heavy atom. The summed E-state index contributed by atoms with van der Waals surface area (Å²) in [5.41, 5.74) is 4.98. The van der Waals surface area contributed by atoms with Crippen molar-refractivity contribution < 1.29 is 0 Å². The van der Waals surface area contributed by atoms with Crippen LogP contribution in [0.5, 0.6) is 0 Å². The van der Waals surface area contributed by atoms with Crippen LogP contribution in [0, 0.1) is 0 Å². The van der Waals surface area contributed by atoms with Gasteiger partial charge in [-0.05, 0) is 36.6 Å². The van der Waals surface area contributed by atoms with Crippen LogP contribution in [0.3, 0.4) is 0 Å². The third kappa shape index (κ3) is 2.85. The van der Waals surface area contributed by atoms with Crippen LogP contribution in [-0.4, -0.2) is 21.5 Å². The summed E-state index contributed by atoms with van der Waals surface area (Å²) in [5.74, 6) is 0.920. The molecule has 2 aromatic heterocycles. The molecule has 1 aliphatic rings. The molecule has 0 fully saturated rings. The third-order valence-corrected chi connectivity index (χ3v) is 3.64. The van der Waals surface area contributed by atoms with Crippen molar-refractivity contribution in [1.29, 1.82) is 0 Å². The lowest BCUT2D eigenvalue weighted by Crippen LogP contribution is -2.27. The molecule has 4 heteroatoms. The van der Waals surface area contributed by atoms with E-state index in [1.165, 1.54) is 22.5 Å². The Bertz CT molecular complexity index is 581. The van der Waals surface area contributed by atoms with Crippen molar-refractivity contribution in [2.75, 3.05) is 6.54 Å². The van der Waals surface area contributed by atoms with Crippen molar-refractivity contribution >= 4 is 0 Å². The van der Waals surface area contributed by atoms with Gasteiger partial charge in [0.05, 0.1) is 5.69 Å². The Morgan fingerprint density at radius 1 is 1.30 bits per heavy atom. The molecule has 0 saturated carbocycles. The lowest BCUT2D eigenvalue weighted by molar-refractivity contribution is 0.607. The van der Waals surface area contributed by atoms with Gasteiger partial charge in [-0.3, -0.25) is 4.98 Å². The predicted molar refractivity (Wildman–Crippen MR) is 78.5 cm³/mol. The molecule has 0 atom stereocenters. The van der Waals surface area contributed by atoms with Crippen molar-refractivity contribution in [2.24, 2.45) is 0 Å². The van der Waals surface area contributed by atoms with E-state index < -0.39 is 0 Å². The Labute approximate surface area is 119 Å². The standard InChI is InChI=1S/C16H20N4/c1-2-4-14-13-6-8-18-11-15(13)20-16(19-14)9-12-5-3-7-17-10-12/h3,5,7,10,18H,2,4,6,8-9,11H2,1H3. The number of hydrogen-bond donors (Lipinski definition) is 1. The first-order chi connectivity index (χ1) is 9.86. The lowest BCUT2D eigenvalue weighted by atomic mass is 10.0. The summed E-state index contributed by atoms with van der Waals surface area (Å²) in [5, 5.41) is 3.40. The van der Waals surface area contributed by atoms with Gasteiger partial charge in [-0.2, -0.15) is 0 Å². The third-order valence-electron chi connectivity index (χ3n) is 3.64. The SMILES string of the molecule is CCCc1nc(Cc2cccnc2)nc2c1CCNC2. The minimum absolute atomic E-state index is 0.762. The van der Waals surface area contributed by atoms with Crippen molar-refractivity contribution in [3.63, 3.8) is 0 Å². The van der Waals surface area contributed by atoms with Crippen LogP contribution < -0.4 is 5.32 Å². The van der Waals surface area contributed by atoms with Gasteiger partial charge in [-0.15, -0.1) is 0 Å². The molecular weight excluding hydrogens is 248 g/mol. The van der Waals surface area contributed by atoms with Crippen molar-refractivity contribution in [3.05, 3.63) is 52.9 Å². The van der Waals surface area contributed by atoms with Gasteiger partial charge in [0.25, 0.3) is 0 Å². The van der Waals surface area contributed by atoms with Crippen LogP contribution >= 0.6 is 0 Å². The monoisotopic (exact) mass is 268 g/mol. The number of aromatic nitrogens is 3. The summed E-state index contributed by atoms with van der Waals surface area (Å²) >= 11 is 0. The Balaban J connectivity index is 1.93. The second kappa shape index (κ2) is 6.09. The topological polar surface area (TPSA) is 50.7 Å². The summed E-state index contributed by atoms with van der Waals surface area (Å²) in [6, 6.07) is 4.04. The molecule has 104 valence electrons.